The third-order valence-electron chi connectivity index (χ3n) is 13.5. The number of hydrogen-bond donors (Lipinski definition) is 0. The summed E-state index contributed by atoms with van der Waals surface area (Å²) in [6, 6.07) is 95.0. The predicted octanol–water partition coefficient (Wildman–Crippen LogP) is 18.4. The molecule has 67 heavy (non-hydrogen) atoms. The Kier molecular flexibility index (Phi) is 9.17. The lowest BCUT2D eigenvalue weighted by molar-refractivity contribution is 1.26. The Bertz CT molecular complexity index is 3760. The van der Waals surface area contributed by atoms with Crippen LogP contribution in [0.3, 0.4) is 0 Å². The highest BCUT2D eigenvalue weighted by molar-refractivity contribution is 6.21. The van der Waals surface area contributed by atoms with Crippen LogP contribution in [0.5, 0.6) is 0 Å². The molecule has 314 valence electrons. The Balaban J connectivity index is 0.952. The fraction of sp³-hybridized carbons (Fsp3) is 0. The second-order valence-electron chi connectivity index (χ2n) is 17.3. The summed E-state index contributed by atoms with van der Waals surface area (Å²) in [4.78, 5) is 7.19. The quantitative estimate of drug-likeness (QED) is 0.151. The maximum atomic E-state index is 2.47. The van der Waals surface area contributed by atoms with Crippen LogP contribution in [0.2, 0.25) is 0 Å². The fourth-order valence-electron chi connectivity index (χ4n) is 10.5. The van der Waals surface area contributed by atoms with Crippen LogP contribution in [0.25, 0.3) is 65.3 Å². The molecule has 3 nitrogen and oxygen atoms in total. The van der Waals surface area contributed by atoms with Crippen LogP contribution < -0.4 is 14.7 Å². The van der Waals surface area contributed by atoms with Gasteiger partial charge in [0, 0.05) is 50.5 Å². The van der Waals surface area contributed by atoms with Gasteiger partial charge in [0.05, 0.1) is 17.1 Å². The molecule has 12 aromatic rings. The lowest BCUT2D eigenvalue weighted by Gasteiger charge is -2.35. The van der Waals surface area contributed by atoms with Crippen LogP contribution in [-0.2, 0) is 0 Å². The molecule has 12 aromatic carbocycles. The molecule has 1 heterocycles. The molecular formula is C64H43N3. The van der Waals surface area contributed by atoms with Gasteiger partial charge in [-0.2, -0.15) is 0 Å². The van der Waals surface area contributed by atoms with E-state index in [-0.39, 0.29) is 0 Å². The summed E-state index contributed by atoms with van der Waals surface area (Å²) in [6.45, 7) is 0. The van der Waals surface area contributed by atoms with E-state index < -0.39 is 0 Å². The van der Waals surface area contributed by atoms with Gasteiger partial charge < -0.3 is 14.7 Å². The minimum absolute atomic E-state index is 1.10. The summed E-state index contributed by atoms with van der Waals surface area (Å²) >= 11 is 0. The van der Waals surface area contributed by atoms with E-state index in [9.17, 15) is 0 Å². The Morgan fingerprint density at radius 1 is 0.284 bits per heavy atom. The van der Waals surface area contributed by atoms with Crippen LogP contribution in [0.4, 0.5) is 51.2 Å². The minimum atomic E-state index is 1.10. The SMILES string of the molecule is c1ccc(N(c2ccccc2)c2ccc(N3c4ccc5ccccc5c4-c4cccc5c(-c6ccc(N(c7ccc8ccccc8c7)c7cccc8ccccc78)cc6)ccc3c45)cc2)cc1. The largest absolute Gasteiger partial charge is 0.311 e. The van der Waals surface area contributed by atoms with E-state index in [1.54, 1.807) is 0 Å². The molecule has 13 rings (SSSR count). The first-order valence-electron chi connectivity index (χ1n) is 23.0. The van der Waals surface area contributed by atoms with Crippen molar-refractivity contribution in [3.63, 3.8) is 0 Å². The highest BCUT2D eigenvalue weighted by Gasteiger charge is 2.29. The van der Waals surface area contributed by atoms with Crippen molar-refractivity contribution in [2.75, 3.05) is 14.7 Å². The van der Waals surface area contributed by atoms with Crippen LogP contribution in [-0.4, -0.2) is 0 Å². The maximum absolute atomic E-state index is 2.47. The first-order valence-corrected chi connectivity index (χ1v) is 23.0. The highest BCUT2D eigenvalue weighted by Crippen LogP contribution is 2.55. The molecule has 0 aromatic heterocycles. The van der Waals surface area contributed by atoms with Crippen LogP contribution in [0.1, 0.15) is 0 Å². The topological polar surface area (TPSA) is 9.72 Å². The molecule has 0 aliphatic carbocycles. The summed E-state index contributed by atoms with van der Waals surface area (Å²) in [5.74, 6) is 0. The van der Waals surface area contributed by atoms with Gasteiger partial charge >= 0.3 is 0 Å². The molecule has 3 heteroatoms. The molecule has 0 atom stereocenters. The second kappa shape index (κ2) is 16.0. The Labute approximate surface area is 390 Å². The average Bonchev–Trinajstić information content (AvgIpc) is 3.40. The zero-order valence-electron chi connectivity index (χ0n) is 36.7. The van der Waals surface area contributed by atoms with Crippen molar-refractivity contribution >= 4 is 94.3 Å². The number of nitrogens with zero attached hydrogens (tertiary/aromatic N) is 3. The lowest BCUT2D eigenvalue weighted by Crippen LogP contribution is -2.16. The summed E-state index contributed by atoms with van der Waals surface area (Å²) in [7, 11) is 0. The van der Waals surface area contributed by atoms with E-state index in [0.29, 0.717) is 0 Å². The van der Waals surface area contributed by atoms with Crippen LogP contribution in [0.15, 0.2) is 261 Å². The van der Waals surface area contributed by atoms with Gasteiger partial charge in [0.2, 0.25) is 0 Å². The Morgan fingerprint density at radius 3 is 1.55 bits per heavy atom. The van der Waals surface area contributed by atoms with E-state index in [4.69, 9.17) is 0 Å². The molecule has 1 aliphatic heterocycles. The van der Waals surface area contributed by atoms with E-state index in [1.807, 2.05) is 0 Å². The fourth-order valence-corrected chi connectivity index (χ4v) is 10.5. The summed E-state index contributed by atoms with van der Waals surface area (Å²) in [5, 5.41) is 9.82. The third-order valence-corrected chi connectivity index (χ3v) is 13.5. The van der Waals surface area contributed by atoms with Gasteiger partial charge in [0.25, 0.3) is 0 Å². The van der Waals surface area contributed by atoms with Gasteiger partial charge in [-0.1, -0.05) is 170 Å². The molecule has 0 amide bonds. The Hall–Kier alpha value is -8.92. The summed E-state index contributed by atoms with van der Waals surface area (Å²) < 4.78 is 0. The van der Waals surface area contributed by atoms with Crippen molar-refractivity contribution in [3.8, 4) is 22.3 Å². The number of anilines is 9. The molecular weight excluding hydrogens is 811 g/mol. The number of para-hydroxylation sites is 2. The standard InChI is InChI=1S/C64H43N3/c1-3-20-49(21-4-1)65(50-22-5-2-6-23-50)51-36-38-53(39-37-51)67-61-41-32-46-17-10-12-25-57(46)63(61)59-27-14-26-58-55(40-42-62(67)64(58)59)47-30-33-52(34-31-47)66(54-35-29-44-15-7-8-18-48(44)43-54)60-28-13-19-45-16-9-11-24-56(45)60/h1-43H. The normalized spacial score (nSPS) is 11.9. The first kappa shape index (κ1) is 38.5. The van der Waals surface area contributed by atoms with Crippen molar-refractivity contribution in [2.24, 2.45) is 0 Å². The second-order valence-corrected chi connectivity index (χ2v) is 17.3. The molecule has 0 fully saturated rings. The third kappa shape index (κ3) is 6.51. The van der Waals surface area contributed by atoms with Gasteiger partial charge in [0.1, 0.15) is 0 Å². The monoisotopic (exact) mass is 853 g/mol. The van der Waals surface area contributed by atoms with Crippen molar-refractivity contribution in [2.45, 2.75) is 0 Å². The van der Waals surface area contributed by atoms with E-state index in [0.717, 1.165) is 39.8 Å². The zero-order valence-corrected chi connectivity index (χ0v) is 36.7. The van der Waals surface area contributed by atoms with Crippen molar-refractivity contribution in [1.29, 1.82) is 0 Å². The smallest absolute Gasteiger partial charge is 0.0547 e. The summed E-state index contributed by atoms with van der Waals surface area (Å²) in [5.41, 5.74) is 15.0. The number of fused-ring (bicyclic) bond motifs is 6. The number of hydrogen-bond acceptors (Lipinski definition) is 3. The molecule has 0 spiro atoms. The average molecular weight is 854 g/mol. The molecule has 0 saturated heterocycles. The molecule has 0 unspecified atom stereocenters. The molecule has 0 bridgehead atoms. The highest BCUT2D eigenvalue weighted by atomic mass is 15.2. The number of benzene rings is 12. The number of rotatable bonds is 8. The lowest BCUT2D eigenvalue weighted by atomic mass is 9.85. The van der Waals surface area contributed by atoms with E-state index in [1.165, 1.54) is 76.7 Å². The van der Waals surface area contributed by atoms with E-state index >= 15 is 0 Å². The van der Waals surface area contributed by atoms with E-state index in [2.05, 4.69) is 276 Å². The first-order chi connectivity index (χ1) is 33.2. The van der Waals surface area contributed by atoms with Crippen molar-refractivity contribution in [3.05, 3.63) is 261 Å². The molecule has 0 N–H and O–H groups in total. The predicted molar refractivity (Wildman–Crippen MR) is 285 cm³/mol. The maximum Gasteiger partial charge on any atom is 0.0547 e. The van der Waals surface area contributed by atoms with Gasteiger partial charge in [0.15, 0.2) is 0 Å². The van der Waals surface area contributed by atoms with Gasteiger partial charge in [-0.15, -0.1) is 0 Å². The van der Waals surface area contributed by atoms with Crippen molar-refractivity contribution < 1.29 is 0 Å². The zero-order chi connectivity index (χ0) is 44.3. The van der Waals surface area contributed by atoms with Gasteiger partial charge in [-0.05, 0) is 140 Å². The molecule has 0 saturated carbocycles. The summed E-state index contributed by atoms with van der Waals surface area (Å²) in [6.07, 6.45) is 0. The van der Waals surface area contributed by atoms with Gasteiger partial charge in [-0.25, -0.2) is 0 Å². The van der Waals surface area contributed by atoms with Crippen LogP contribution in [0, 0.1) is 0 Å². The van der Waals surface area contributed by atoms with Crippen molar-refractivity contribution in [1.82, 2.24) is 0 Å². The van der Waals surface area contributed by atoms with Crippen LogP contribution >= 0.6 is 0 Å². The molecule has 1 aliphatic rings. The Morgan fingerprint density at radius 2 is 0.806 bits per heavy atom. The van der Waals surface area contributed by atoms with Gasteiger partial charge in [-0.3, -0.25) is 0 Å². The molecule has 0 radical (unpaired) electrons. The minimum Gasteiger partial charge on any atom is -0.311 e.